The van der Waals surface area contributed by atoms with Crippen LogP contribution in [-0.2, 0) is 19.0 Å². The maximum atomic E-state index is 11.4. The van der Waals surface area contributed by atoms with Crippen LogP contribution in [0.3, 0.4) is 0 Å². The van der Waals surface area contributed by atoms with Gasteiger partial charge in [-0.25, -0.2) is 0 Å². The van der Waals surface area contributed by atoms with Gasteiger partial charge in [0, 0.05) is 18.9 Å². The topological polar surface area (TPSA) is 72.8 Å². The van der Waals surface area contributed by atoms with Crippen molar-refractivity contribution in [1.82, 2.24) is 0 Å². The van der Waals surface area contributed by atoms with Gasteiger partial charge in [-0.1, -0.05) is 12.8 Å². The van der Waals surface area contributed by atoms with Gasteiger partial charge in [-0.05, 0) is 25.7 Å². The lowest BCUT2D eigenvalue weighted by molar-refractivity contribution is -0.325. The van der Waals surface area contributed by atoms with Crippen molar-refractivity contribution in [1.29, 1.82) is 0 Å². The van der Waals surface area contributed by atoms with Crippen LogP contribution in [0.4, 0.5) is 0 Å². The van der Waals surface area contributed by atoms with Gasteiger partial charge in [0.05, 0.1) is 11.9 Å². The Bertz CT molecular complexity index is 475. The minimum Gasteiger partial charge on any atom is -0.386 e. The molecule has 3 aliphatic carbocycles. The number of aliphatic hydroxyl groups is 1. The van der Waals surface area contributed by atoms with Gasteiger partial charge in [-0.2, -0.15) is 8.42 Å². The highest BCUT2D eigenvalue weighted by molar-refractivity contribution is 7.86. The monoisotopic (exact) mass is 290 g/mol. The third-order valence-electron chi connectivity index (χ3n) is 5.50. The Labute approximate surface area is 114 Å². The summed E-state index contributed by atoms with van der Waals surface area (Å²) in [5.41, 5.74) is -1.26. The normalized spacial score (nSPS) is 49.3. The molecule has 0 aromatic rings. The van der Waals surface area contributed by atoms with E-state index in [4.69, 9.17) is 8.92 Å². The van der Waals surface area contributed by atoms with Crippen molar-refractivity contribution < 1.29 is 22.4 Å². The first kappa shape index (κ1) is 13.8. The molecule has 0 amide bonds. The predicted molar refractivity (Wildman–Crippen MR) is 69.1 cm³/mol. The molecule has 5 nitrogen and oxygen atoms in total. The smallest absolute Gasteiger partial charge is 0.264 e. The fraction of sp³-hybridized carbons (Fsp3) is 1.00. The Hall–Kier alpha value is -0.170. The van der Waals surface area contributed by atoms with E-state index in [9.17, 15) is 13.5 Å². The molecule has 3 fully saturated rings. The molecular weight excluding hydrogens is 268 g/mol. The van der Waals surface area contributed by atoms with Crippen LogP contribution in [0.1, 0.15) is 38.5 Å². The van der Waals surface area contributed by atoms with E-state index in [1.807, 2.05) is 0 Å². The van der Waals surface area contributed by atoms with E-state index in [0.717, 1.165) is 38.4 Å². The number of methoxy groups -OCH3 is 1. The van der Waals surface area contributed by atoms with Gasteiger partial charge in [0.1, 0.15) is 11.7 Å². The molecule has 0 aromatic heterocycles. The zero-order valence-corrected chi connectivity index (χ0v) is 12.3. The molecule has 0 bridgehead atoms. The summed E-state index contributed by atoms with van der Waals surface area (Å²) in [4.78, 5) is 0. The lowest BCUT2D eigenvalue weighted by Gasteiger charge is -2.66. The Morgan fingerprint density at radius 2 is 1.79 bits per heavy atom. The van der Waals surface area contributed by atoms with Crippen LogP contribution in [0.15, 0.2) is 0 Å². The molecule has 0 heterocycles. The minimum atomic E-state index is -3.54. The Balaban J connectivity index is 1.91. The maximum Gasteiger partial charge on any atom is 0.264 e. The summed E-state index contributed by atoms with van der Waals surface area (Å²) in [5, 5.41) is 11.0. The standard InChI is InChI=1S/C13H22O5S/c1-17-12-8-4-6-10(12)13(14)9(12)5-3-7-11(13)18-19(2,15)16/h9-11,14H,3-8H2,1-2H3/t9-,10+,11+,12+,13-/m1/s1. The molecule has 0 saturated heterocycles. The summed E-state index contributed by atoms with van der Waals surface area (Å²) >= 11 is 0. The highest BCUT2D eigenvalue weighted by Crippen LogP contribution is 2.67. The summed E-state index contributed by atoms with van der Waals surface area (Å²) in [7, 11) is -1.83. The van der Waals surface area contributed by atoms with Gasteiger partial charge >= 0.3 is 0 Å². The first-order chi connectivity index (χ1) is 8.84. The second kappa shape index (κ2) is 4.16. The van der Waals surface area contributed by atoms with Crippen LogP contribution in [0, 0.1) is 11.8 Å². The number of fused-ring (bicyclic) bond motifs is 4. The highest BCUT2D eigenvalue weighted by atomic mass is 32.2. The van der Waals surface area contributed by atoms with E-state index in [0.29, 0.717) is 6.42 Å². The van der Waals surface area contributed by atoms with Crippen molar-refractivity contribution in [3.8, 4) is 0 Å². The zero-order valence-electron chi connectivity index (χ0n) is 11.5. The van der Waals surface area contributed by atoms with Crippen molar-refractivity contribution in [2.75, 3.05) is 13.4 Å². The Morgan fingerprint density at radius 1 is 1.16 bits per heavy atom. The minimum absolute atomic E-state index is 0.0120. The summed E-state index contributed by atoms with van der Waals surface area (Å²) in [6.45, 7) is 0. The molecule has 1 N–H and O–H groups in total. The van der Waals surface area contributed by atoms with Crippen LogP contribution in [0.2, 0.25) is 0 Å². The molecule has 19 heavy (non-hydrogen) atoms. The molecule has 3 rings (SSSR count). The predicted octanol–water partition coefficient (Wildman–Crippen LogP) is 1.06. The number of hydrogen-bond donors (Lipinski definition) is 1. The molecule has 110 valence electrons. The maximum absolute atomic E-state index is 11.4. The van der Waals surface area contributed by atoms with Crippen LogP contribution in [0.5, 0.6) is 0 Å². The number of rotatable bonds is 3. The van der Waals surface area contributed by atoms with Gasteiger partial charge in [-0.15, -0.1) is 0 Å². The van der Waals surface area contributed by atoms with E-state index in [1.165, 1.54) is 0 Å². The first-order valence-corrected chi connectivity index (χ1v) is 8.82. The van der Waals surface area contributed by atoms with Crippen molar-refractivity contribution in [3.05, 3.63) is 0 Å². The second-order valence-corrected chi connectivity index (χ2v) is 7.86. The summed E-state index contributed by atoms with van der Waals surface area (Å²) in [6.07, 6.45) is 5.72. The summed E-state index contributed by atoms with van der Waals surface area (Å²) in [6, 6.07) is 0. The molecule has 3 aliphatic rings. The second-order valence-electron chi connectivity index (χ2n) is 6.26. The number of ether oxygens (including phenoxy) is 1. The average molecular weight is 290 g/mol. The third kappa shape index (κ3) is 1.73. The fourth-order valence-corrected chi connectivity index (χ4v) is 5.64. The third-order valence-corrected chi connectivity index (χ3v) is 6.08. The van der Waals surface area contributed by atoms with E-state index in [-0.39, 0.29) is 17.4 Å². The Morgan fingerprint density at radius 3 is 2.37 bits per heavy atom. The van der Waals surface area contributed by atoms with Gasteiger partial charge < -0.3 is 9.84 Å². The van der Waals surface area contributed by atoms with Crippen molar-refractivity contribution >= 4 is 10.1 Å². The molecule has 0 aliphatic heterocycles. The van der Waals surface area contributed by atoms with Crippen molar-refractivity contribution in [2.24, 2.45) is 11.8 Å². The molecule has 0 aromatic carbocycles. The van der Waals surface area contributed by atoms with Gasteiger partial charge in [0.2, 0.25) is 0 Å². The number of hydrogen-bond acceptors (Lipinski definition) is 5. The van der Waals surface area contributed by atoms with Crippen molar-refractivity contribution in [2.45, 2.75) is 55.8 Å². The Kier molecular flexibility index (Phi) is 3.02. The molecule has 0 radical (unpaired) electrons. The van der Waals surface area contributed by atoms with E-state index >= 15 is 0 Å². The first-order valence-electron chi connectivity index (χ1n) is 7.00. The SMILES string of the molecule is CO[C@]12CCC[C@@H]1[C@@]1(O)[C@@H](OS(C)(=O)=O)CCC[C@H]21. The van der Waals surface area contributed by atoms with Crippen LogP contribution in [-0.4, -0.2) is 44.2 Å². The zero-order chi connectivity index (χ0) is 13.9. The highest BCUT2D eigenvalue weighted by Gasteiger charge is 2.75. The largest absolute Gasteiger partial charge is 0.386 e. The molecule has 6 heteroatoms. The summed E-state index contributed by atoms with van der Waals surface area (Å²) < 4.78 is 33.7. The van der Waals surface area contributed by atoms with E-state index in [1.54, 1.807) is 7.11 Å². The van der Waals surface area contributed by atoms with Gasteiger partial charge in [0.25, 0.3) is 10.1 Å². The fourth-order valence-electron chi connectivity index (χ4n) is 4.96. The van der Waals surface area contributed by atoms with Crippen molar-refractivity contribution in [3.63, 3.8) is 0 Å². The van der Waals surface area contributed by atoms with E-state index < -0.39 is 21.8 Å². The molecule has 3 saturated carbocycles. The molecule has 0 spiro atoms. The van der Waals surface area contributed by atoms with Crippen LogP contribution in [0.25, 0.3) is 0 Å². The van der Waals surface area contributed by atoms with E-state index in [2.05, 4.69) is 0 Å². The van der Waals surface area contributed by atoms with Gasteiger partial charge in [-0.3, -0.25) is 4.18 Å². The van der Waals surface area contributed by atoms with Gasteiger partial charge in [0.15, 0.2) is 0 Å². The lowest BCUT2D eigenvalue weighted by Crippen LogP contribution is -2.78. The lowest BCUT2D eigenvalue weighted by atomic mass is 9.46. The van der Waals surface area contributed by atoms with Crippen LogP contribution < -0.4 is 0 Å². The molecule has 0 unspecified atom stereocenters. The molecular formula is C13H22O5S. The summed E-state index contributed by atoms with van der Waals surface area (Å²) in [5.74, 6) is 0.0278. The molecule has 5 atom stereocenters. The quantitative estimate of drug-likeness (QED) is 0.787. The van der Waals surface area contributed by atoms with Crippen LogP contribution >= 0.6 is 0 Å². The average Bonchev–Trinajstić information content (AvgIpc) is 2.71.